The van der Waals surface area contributed by atoms with Crippen LogP contribution in [0.5, 0.6) is 0 Å². The number of benzene rings is 1. The number of rotatable bonds is 9. The average Bonchev–Trinajstić information content (AvgIpc) is 3.17. The second kappa shape index (κ2) is 24.8. The summed E-state index contributed by atoms with van der Waals surface area (Å²) in [4.78, 5) is 39.6. The number of methoxy groups -OCH3 is 1. The van der Waals surface area contributed by atoms with E-state index in [1.807, 2.05) is 52.8 Å². The van der Waals surface area contributed by atoms with Gasteiger partial charge >= 0.3 is 18.0 Å². The van der Waals surface area contributed by atoms with Gasteiger partial charge in [0, 0.05) is 43.3 Å². The summed E-state index contributed by atoms with van der Waals surface area (Å²) in [5.41, 5.74) is -0.344. The Labute approximate surface area is 347 Å². The van der Waals surface area contributed by atoms with Crippen LogP contribution in [0.15, 0.2) is 91.6 Å². The lowest BCUT2D eigenvalue weighted by Gasteiger charge is -2.31. The number of hydrogen-bond acceptors (Lipinski definition) is 10. The van der Waals surface area contributed by atoms with E-state index in [-0.39, 0.29) is 41.9 Å². The number of amides is 1. The maximum atomic E-state index is 13.8. The molecule has 4 N–H and O–H groups in total. The Kier molecular flexibility index (Phi) is 21.4. The summed E-state index contributed by atoms with van der Waals surface area (Å²) in [6, 6.07) is 7.42. The van der Waals surface area contributed by atoms with Crippen LogP contribution >= 0.6 is 0 Å². The lowest BCUT2D eigenvalue weighted by Crippen LogP contribution is -2.44. The van der Waals surface area contributed by atoms with Crippen LogP contribution in [0.25, 0.3) is 0 Å². The topological polar surface area (TPSA) is 161 Å². The van der Waals surface area contributed by atoms with Gasteiger partial charge < -0.3 is 39.6 Å². The molecule has 11 heteroatoms. The zero-order valence-electron chi connectivity index (χ0n) is 36.3. The number of aliphatic hydroxyl groups is 3. The largest absolute Gasteiger partial charge is 0.458 e. The highest BCUT2D eigenvalue weighted by atomic mass is 16.6. The number of hydrogen-bond donors (Lipinski definition) is 4. The van der Waals surface area contributed by atoms with Crippen LogP contribution in [-0.2, 0) is 28.5 Å². The Hall–Kier alpha value is -4.03. The second-order valence-corrected chi connectivity index (χ2v) is 17.0. The summed E-state index contributed by atoms with van der Waals surface area (Å²) < 4.78 is 23.2. The molecule has 0 radical (unpaired) electrons. The van der Waals surface area contributed by atoms with E-state index in [0.717, 1.165) is 0 Å². The molecule has 1 aliphatic rings. The summed E-state index contributed by atoms with van der Waals surface area (Å²) in [7, 11) is 1.55. The maximum Gasteiger partial charge on any atom is 0.408 e. The fourth-order valence-electron chi connectivity index (χ4n) is 7.20. The van der Waals surface area contributed by atoms with Crippen LogP contribution in [-0.4, -0.2) is 82.7 Å². The summed E-state index contributed by atoms with van der Waals surface area (Å²) in [5.74, 6) is -2.51. The molecule has 11 nitrogen and oxygen atoms in total. The number of alkyl carbamates (subject to hydrolysis) is 1. The number of ether oxygens (including phenoxy) is 4. The molecule has 58 heavy (non-hydrogen) atoms. The molecule has 0 saturated heterocycles. The van der Waals surface area contributed by atoms with Crippen molar-refractivity contribution in [1.29, 1.82) is 0 Å². The Morgan fingerprint density at radius 1 is 0.966 bits per heavy atom. The van der Waals surface area contributed by atoms with Gasteiger partial charge in [-0.15, -0.1) is 0 Å². The van der Waals surface area contributed by atoms with Crippen LogP contribution in [0, 0.1) is 35.5 Å². The summed E-state index contributed by atoms with van der Waals surface area (Å²) >= 11 is 0. The highest BCUT2D eigenvalue weighted by Gasteiger charge is 2.35. The summed E-state index contributed by atoms with van der Waals surface area (Å²) in [6.07, 6.45) is 11.5. The number of allylic oxidation sites excluding steroid dienone is 4. The Bertz CT molecular complexity index is 1530. The third kappa shape index (κ3) is 17.4. The normalized spacial score (nSPS) is 31.8. The maximum absolute atomic E-state index is 13.8. The van der Waals surface area contributed by atoms with Crippen molar-refractivity contribution in [2.45, 2.75) is 136 Å². The van der Waals surface area contributed by atoms with E-state index in [0.29, 0.717) is 24.8 Å². The third-order valence-electron chi connectivity index (χ3n) is 10.7. The van der Waals surface area contributed by atoms with Gasteiger partial charge in [-0.2, -0.15) is 0 Å². The number of aliphatic hydroxyl groups excluding tert-OH is 3. The molecule has 1 amide bonds. The third-order valence-corrected chi connectivity index (χ3v) is 10.7. The molecule has 1 aromatic carbocycles. The molecule has 0 saturated carbocycles. The summed E-state index contributed by atoms with van der Waals surface area (Å²) in [5, 5.41) is 36.7. The van der Waals surface area contributed by atoms with E-state index in [2.05, 4.69) is 18.8 Å². The van der Waals surface area contributed by atoms with Gasteiger partial charge in [0.15, 0.2) is 6.10 Å². The predicted octanol–water partition coefficient (Wildman–Crippen LogP) is 7.98. The SMILES string of the molecule is C=C/C=C\[C@H](C)[C@@H]1OC(=O)/C=C\C=C\[C@@H](C)C(OC)CC(OC(=O)[C@H](O)[C@@H](NC(=O)OC(C)(C)C)c2ccccc2)/C=C\[C@H](C)[C@H](O)[C@@H](C)C[C@@H](C)CC[C@@H](O)[C@@H]1C. The first-order valence-electron chi connectivity index (χ1n) is 20.6. The minimum absolute atomic E-state index is 0.100. The van der Waals surface area contributed by atoms with Gasteiger partial charge in [0.05, 0.1) is 24.4 Å². The van der Waals surface area contributed by atoms with E-state index < -0.39 is 66.3 Å². The Morgan fingerprint density at radius 3 is 2.26 bits per heavy atom. The standard InChI is InChI=1S/C47H71NO10/c1-12-13-19-33(5)44-35(7)38(49)27-24-30(2)28-34(6)42(51)32(4)25-26-37(29-39(55-11)31(3)20-17-18-23-40(50)57-44)56-45(53)43(52)41(36-21-15-14-16-22-36)48-46(54)58-47(8,9)10/h12-23,25-26,30-35,37-39,41-44,49,51-52H,1,24,27-29H2,2-11H3,(H,48,54)/b19-13-,20-17+,23-18-,26-25-/t30-,31+,32-,33-,34-,35-,37?,38+,39?,41-,42-,43+,44-/m0/s1. The number of cyclic esters (lactones) is 1. The van der Waals surface area contributed by atoms with Crippen molar-refractivity contribution in [2.75, 3.05) is 7.11 Å². The fraction of sp³-hybridized carbons (Fsp3) is 0.596. The van der Waals surface area contributed by atoms with Gasteiger partial charge in [-0.3, -0.25) is 0 Å². The van der Waals surface area contributed by atoms with Gasteiger partial charge in [-0.25, -0.2) is 14.4 Å². The smallest absolute Gasteiger partial charge is 0.408 e. The molecule has 0 aliphatic carbocycles. The Morgan fingerprint density at radius 2 is 1.64 bits per heavy atom. The monoisotopic (exact) mass is 810 g/mol. The van der Waals surface area contributed by atoms with Crippen LogP contribution in [0.2, 0.25) is 0 Å². The first-order chi connectivity index (χ1) is 27.3. The highest BCUT2D eigenvalue weighted by molar-refractivity contribution is 5.82. The van der Waals surface area contributed by atoms with Crippen LogP contribution in [0.4, 0.5) is 4.79 Å². The minimum atomic E-state index is -1.80. The molecule has 0 fully saturated rings. The van der Waals surface area contributed by atoms with Gasteiger partial charge in [0.2, 0.25) is 0 Å². The molecular weight excluding hydrogens is 739 g/mol. The number of carbonyl (C=O) groups excluding carboxylic acids is 3. The molecule has 0 spiro atoms. The molecule has 1 aromatic rings. The van der Waals surface area contributed by atoms with Crippen molar-refractivity contribution >= 4 is 18.0 Å². The number of carbonyl (C=O) groups is 3. The molecular formula is C47H71NO10. The van der Waals surface area contributed by atoms with E-state index in [9.17, 15) is 29.7 Å². The van der Waals surface area contributed by atoms with Crippen molar-refractivity contribution in [1.82, 2.24) is 5.32 Å². The lowest BCUT2D eigenvalue weighted by molar-refractivity contribution is -0.160. The van der Waals surface area contributed by atoms with Crippen LogP contribution in [0.1, 0.15) is 99.6 Å². The van der Waals surface area contributed by atoms with Crippen molar-refractivity contribution in [3.63, 3.8) is 0 Å². The highest BCUT2D eigenvalue weighted by Crippen LogP contribution is 2.29. The van der Waals surface area contributed by atoms with Crippen LogP contribution < -0.4 is 5.32 Å². The lowest BCUT2D eigenvalue weighted by atomic mass is 9.82. The molecule has 13 atom stereocenters. The van der Waals surface area contributed by atoms with Crippen molar-refractivity contribution < 1.29 is 48.7 Å². The zero-order chi connectivity index (χ0) is 43.6. The van der Waals surface area contributed by atoms with Crippen molar-refractivity contribution in [3.05, 3.63) is 97.2 Å². The summed E-state index contributed by atoms with van der Waals surface area (Å²) in [6.45, 7) is 20.6. The number of nitrogens with one attached hydrogen (secondary N) is 1. The van der Waals surface area contributed by atoms with Gasteiger partial charge in [0.25, 0.3) is 0 Å². The van der Waals surface area contributed by atoms with Crippen LogP contribution in [0.3, 0.4) is 0 Å². The average molecular weight is 810 g/mol. The van der Waals surface area contributed by atoms with Gasteiger partial charge in [-0.1, -0.05) is 121 Å². The quantitative estimate of drug-likeness (QED) is 0.0834. The zero-order valence-corrected chi connectivity index (χ0v) is 36.3. The molecule has 324 valence electrons. The van der Waals surface area contributed by atoms with Gasteiger partial charge in [0.1, 0.15) is 17.8 Å². The van der Waals surface area contributed by atoms with E-state index >= 15 is 0 Å². The van der Waals surface area contributed by atoms with E-state index in [1.165, 1.54) is 6.08 Å². The number of esters is 2. The first kappa shape index (κ1) is 50.1. The predicted molar refractivity (Wildman–Crippen MR) is 227 cm³/mol. The minimum Gasteiger partial charge on any atom is -0.458 e. The molecule has 2 rings (SSSR count). The molecule has 0 aromatic heterocycles. The molecule has 2 unspecified atom stereocenters. The fourth-order valence-corrected chi connectivity index (χ4v) is 7.20. The molecule has 1 aliphatic heterocycles. The molecule has 0 bridgehead atoms. The van der Waals surface area contributed by atoms with E-state index in [4.69, 9.17) is 18.9 Å². The van der Waals surface area contributed by atoms with Crippen molar-refractivity contribution in [2.24, 2.45) is 35.5 Å². The van der Waals surface area contributed by atoms with Gasteiger partial charge in [-0.05, 0) is 63.5 Å². The van der Waals surface area contributed by atoms with Crippen molar-refractivity contribution in [3.8, 4) is 0 Å². The first-order valence-corrected chi connectivity index (χ1v) is 20.6. The molecule has 1 heterocycles. The Balaban J connectivity index is 2.47. The van der Waals surface area contributed by atoms with E-state index in [1.54, 1.807) is 88.6 Å². The second-order valence-electron chi connectivity index (χ2n) is 17.0.